The maximum Gasteiger partial charge on any atom is 0.137 e. The fraction of sp³-hybridized carbons (Fsp3) is 0. The summed E-state index contributed by atoms with van der Waals surface area (Å²) in [5.74, 6) is -7.42. The van der Waals surface area contributed by atoms with E-state index in [1.165, 1.54) is 0 Å². The van der Waals surface area contributed by atoms with Gasteiger partial charge in [0.2, 0.25) is 0 Å². The van der Waals surface area contributed by atoms with E-state index in [0.29, 0.717) is 29.7 Å². The molecule has 0 fully saturated rings. The topological polar surface area (TPSA) is 0 Å². The molecule has 0 unspecified atom stereocenters. The minimum atomic E-state index is -2.56. The summed E-state index contributed by atoms with van der Waals surface area (Å²) in [7, 11) is -2.56. The van der Waals surface area contributed by atoms with Crippen LogP contribution in [0.5, 0.6) is 0 Å². The Kier molecular flexibility index (Phi) is 4.97. The summed E-state index contributed by atoms with van der Waals surface area (Å²) in [6.07, 6.45) is 0. The van der Waals surface area contributed by atoms with Crippen molar-refractivity contribution in [3.8, 4) is 0 Å². The third-order valence-corrected chi connectivity index (χ3v) is 8.78. The van der Waals surface area contributed by atoms with Crippen molar-refractivity contribution < 1.29 is 26.3 Å². The Morgan fingerprint density at radius 3 is 1.40 bits per heavy atom. The smallest absolute Gasteiger partial charge is 0.137 e. The highest BCUT2D eigenvalue weighted by molar-refractivity contribution is 7.80. The molecule has 172 valence electrons. The zero-order chi connectivity index (χ0) is 24.4. The predicted octanol–water partition coefficient (Wildman–Crippen LogP) is 7.18. The third kappa shape index (κ3) is 3.35. The lowest BCUT2D eigenvalue weighted by atomic mass is 9.94. The second-order valence-corrected chi connectivity index (χ2v) is 10.3. The van der Waals surface area contributed by atoms with Crippen molar-refractivity contribution in [1.29, 1.82) is 0 Å². The molecule has 0 radical (unpaired) electrons. The number of benzene rings is 6. The SMILES string of the molecule is Fc1cc(F)c(P(c2c(F)cc(F)cc2F)c2ccc3ccc4cccc5ccc2c3c45)c(F)c1. The van der Waals surface area contributed by atoms with Crippen LogP contribution in [0.3, 0.4) is 0 Å². The molecule has 6 aromatic rings. The van der Waals surface area contributed by atoms with Crippen molar-refractivity contribution in [2.75, 3.05) is 0 Å². The van der Waals surface area contributed by atoms with Crippen LogP contribution in [0.2, 0.25) is 0 Å². The van der Waals surface area contributed by atoms with Crippen molar-refractivity contribution in [2.45, 2.75) is 0 Å². The van der Waals surface area contributed by atoms with Gasteiger partial charge in [-0.15, -0.1) is 0 Å². The van der Waals surface area contributed by atoms with Gasteiger partial charge in [0.05, 0.1) is 10.6 Å². The molecule has 0 aliphatic rings. The largest absolute Gasteiger partial charge is 0.207 e. The molecule has 35 heavy (non-hydrogen) atoms. The van der Waals surface area contributed by atoms with Crippen LogP contribution in [-0.4, -0.2) is 0 Å². The van der Waals surface area contributed by atoms with Gasteiger partial charge in [-0.05, 0) is 45.5 Å². The van der Waals surface area contributed by atoms with Crippen LogP contribution in [-0.2, 0) is 0 Å². The van der Waals surface area contributed by atoms with Crippen molar-refractivity contribution in [2.24, 2.45) is 0 Å². The highest BCUT2D eigenvalue weighted by atomic mass is 31.1. The molecule has 0 heterocycles. The zero-order valence-electron chi connectivity index (χ0n) is 17.7. The molecule has 6 aromatic carbocycles. The maximum atomic E-state index is 15.1. The molecular weight excluding hydrogens is 481 g/mol. The van der Waals surface area contributed by atoms with E-state index in [9.17, 15) is 8.78 Å². The summed E-state index contributed by atoms with van der Waals surface area (Å²) in [6, 6.07) is 18.4. The summed E-state index contributed by atoms with van der Waals surface area (Å²) in [5, 5.41) is 3.85. The van der Waals surface area contributed by atoms with Crippen LogP contribution in [0.1, 0.15) is 0 Å². The lowest BCUT2D eigenvalue weighted by molar-refractivity contribution is 0.552. The average molecular weight is 494 g/mol. The molecule has 0 aliphatic heterocycles. The normalized spacial score (nSPS) is 12.0. The first-order chi connectivity index (χ1) is 16.8. The van der Waals surface area contributed by atoms with Gasteiger partial charge in [-0.1, -0.05) is 54.6 Å². The van der Waals surface area contributed by atoms with Crippen LogP contribution >= 0.6 is 7.92 Å². The lowest BCUT2D eigenvalue weighted by Gasteiger charge is -2.24. The molecule has 0 spiro atoms. The van der Waals surface area contributed by atoms with E-state index < -0.39 is 53.4 Å². The van der Waals surface area contributed by atoms with E-state index in [0.717, 1.165) is 26.9 Å². The van der Waals surface area contributed by atoms with Crippen LogP contribution in [0.15, 0.2) is 78.9 Å². The number of rotatable bonds is 3. The molecule has 0 nitrogen and oxygen atoms in total. The molecule has 0 aliphatic carbocycles. The Morgan fingerprint density at radius 2 is 0.886 bits per heavy atom. The van der Waals surface area contributed by atoms with E-state index in [2.05, 4.69) is 0 Å². The summed E-state index contributed by atoms with van der Waals surface area (Å²) in [4.78, 5) is 0. The van der Waals surface area contributed by atoms with Crippen LogP contribution in [0, 0.1) is 34.9 Å². The molecule has 0 aromatic heterocycles. The Hall–Kier alpha value is -3.63. The summed E-state index contributed by atoms with van der Waals surface area (Å²) in [5.41, 5.74) is 0. The molecule has 6 rings (SSSR count). The van der Waals surface area contributed by atoms with Gasteiger partial charge in [0.15, 0.2) is 0 Å². The highest BCUT2D eigenvalue weighted by Gasteiger charge is 2.32. The number of hydrogen-bond donors (Lipinski definition) is 0. The molecule has 0 bridgehead atoms. The Balaban J connectivity index is 1.77. The van der Waals surface area contributed by atoms with Crippen molar-refractivity contribution in [3.63, 3.8) is 0 Å². The molecule has 0 saturated carbocycles. The summed E-state index contributed by atoms with van der Waals surface area (Å²) < 4.78 is 87.8. The molecular formula is C28H13F6P. The molecule has 0 amide bonds. The zero-order valence-corrected chi connectivity index (χ0v) is 18.6. The van der Waals surface area contributed by atoms with Crippen LogP contribution in [0.4, 0.5) is 26.3 Å². The molecule has 7 heteroatoms. The average Bonchev–Trinajstić information content (AvgIpc) is 2.80. The van der Waals surface area contributed by atoms with Gasteiger partial charge in [-0.3, -0.25) is 0 Å². The van der Waals surface area contributed by atoms with Crippen LogP contribution < -0.4 is 15.9 Å². The first-order valence-electron chi connectivity index (χ1n) is 10.6. The second-order valence-electron chi connectivity index (χ2n) is 8.21. The van der Waals surface area contributed by atoms with Gasteiger partial charge in [-0.25, -0.2) is 26.3 Å². The fourth-order valence-electron chi connectivity index (χ4n) is 4.76. The lowest BCUT2D eigenvalue weighted by Crippen LogP contribution is -2.30. The van der Waals surface area contributed by atoms with E-state index in [1.54, 1.807) is 18.2 Å². The van der Waals surface area contributed by atoms with Crippen molar-refractivity contribution in [1.82, 2.24) is 0 Å². The monoisotopic (exact) mass is 494 g/mol. The van der Waals surface area contributed by atoms with Gasteiger partial charge in [0, 0.05) is 24.3 Å². The fourth-order valence-corrected chi connectivity index (χ4v) is 7.23. The van der Waals surface area contributed by atoms with Crippen LogP contribution in [0.25, 0.3) is 32.3 Å². The third-order valence-electron chi connectivity index (χ3n) is 6.16. The Bertz CT molecular complexity index is 1660. The van der Waals surface area contributed by atoms with Gasteiger partial charge in [-0.2, -0.15) is 0 Å². The van der Waals surface area contributed by atoms with E-state index >= 15 is 17.6 Å². The molecule has 0 N–H and O–H groups in total. The predicted molar refractivity (Wildman–Crippen MR) is 129 cm³/mol. The van der Waals surface area contributed by atoms with E-state index in [-0.39, 0.29) is 5.30 Å². The molecule has 0 atom stereocenters. The van der Waals surface area contributed by atoms with E-state index in [4.69, 9.17) is 0 Å². The number of hydrogen-bond acceptors (Lipinski definition) is 0. The number of halogens is 6. The molecule has 0 saturated heterocycles. The Labute approximate surface area is 196 Å². The van der Waals surface area contributed by atoms with E-state index in [1.807, 2.05) is 36.4 Å². The van der Waals surface area contributed by atoms with Gasteiger partial charge in [0.25, 0.3) is 0 Å². The quantitative estimate of drug-likeness (QED) is 0.139. The Morgan fingerprint density at radius 1 is 0.457 bits per heavy atom. The maximum absolute atomic E-state index is 15.1. The highest BCUT2D eigenvalue weighted by Crippen LogP contribution is 2.42. The minimum absolute atomic E-state index is 0.263. The first-order valence-corrected chi connectivity index (χ1v) is 11.9. The standard InChI is InChI=1S/C28H13F6P/c29-17-10-20(31)27(21(32)11-17)35(28-22(33)12-18(30)13-23(28)34)24-9-7-16-5-4-14-2-1-3-15-6-8-19(24)26(16)25(14)15/h1-13H. The van der Waals surface area contributed by atoms with Crippen molar-refractivity contribution >= 4 is 56.2 Å². The summed E-state index contributed by atoms with van der Waals surface area (Å²) >= 11 is 0. The second kappa shape index (κ2) is 7.96. The van der Waals surface area contributed by atoms with Gasteiger partial charge >= 0.3 is 0 Å². The van der Waals surface area contributed by atoms with Gasteiger partial charge < -0.3 is 0 Å². The van der Waals surface area contributed by atoms with Crippen molar-refractivity contribution in [3.05, 3.63) is 114 Å². The van der Waals surface area contributed by atoms with Gasteiger partial charge in [0.1, 0.15) is 34.9 Å². The summed E-state index contributed by atoms with van der Waals surface area (Å²) in [6.45, 7) is 0. The first kappa shape index (κ1) is 21.9. The minimum Gasteiger partial charge on any atom is -0.207 e.